The van der Waals surface area contributed by atoms with Crippen molar-refractivity contribution in [1.29, 1.82) is 0 Å². The summed E-state index contributed by atoms with van der Waals surface area (Å²) in [5, 5.41) is 0. The molecule has 1 aliphatic carbocycles. The average molecular weight is 319 g/mol. The van der Waals surface area contributed by atoms with Gasteiger partial charge in [-0.05, 0) is 0 Å². The van der Waals surface area contributed by atoms with Crippen LogP contribution in [0.5, 0.6) is 0 Å². The first kappa shape index (κ1) is 14.3. The minimum absolute atomic E-state index is 0.616. The average Bonchev–Trinajstić information content (AvgIpc) is 2.62. The molecule has 0 fully saturated rings. The zero-order valence-corrected chi connectivity index (χ0v) is 14.6. The molecule has 0 amide bonds. The third-order valence-electron chi connectivity index (χ3n) is 4.06. The van der Waals surface area contributed by atoms with Crippen molar-refractivity contribution in [3.05, 3.63) is 40.0 Å². The van der Waals surface area contributed by atoms with Crippen molar-refractivity contribution < 1.29 is 24.7 Å². The summed E-state index contributed by atoms with van der Waals surface area (Å²) in [6, 6.07) is 4.90. The molecule has 1 heteroatoms. The Morgan fingerprint density at radius 3 is 2.28 bits per heavy atom. The van der Waals surface area contributed by atoms with Gasteiger partial charge in [0.15, 0.2) is 0 Å². The molecular weight excluding hydrogens is 295 g/mol. The van der Waals surface area contributed by atoms with Gasteiger partial charge in [0.2, 0.25) is 0 Å². The van der Waals surface area contributed by atoms with Gasteiger partial charge in [-0.3, -0.25) is 0 Å². The van der Waals surface area contributed by atoms with Crippen LogP contribution in [0.2, 0.25) is 4.13 Å². The second-order valence-electron chi connectivity index (χ2n) is 6.07. The minimum atomic E-state index is 0.616. The van der Waals surface area contributed by atoms with E-state index < -0.39 is 0 Å². The van der Waals surface area contributed by atoms with Gasteiger partial charge in [0.25, 0.3) is 0 Å². The Morgan fingerprint density at radius 2 is 1.78 bits per heavy atom. The number of rotatable bonds is 3. The van der Waals surface area contributed by atoms with E-state index in [9.17, 15) is 0 Å². The zero-order valence-electron chi connectivity index (χ0n) is 12.2. The van der Waals surface area contributed by atoms with Crippen LogP contribution in [0.3, 0.4) is 0 Å². The van der Waals surface area contributed by atoms with E-state index >= 15 is 0 Å². The molecule has 0 aromatic heterocycles. The Kier molecular flexibility index (Phi) is 4.32. The van der Waals surface area contributed by atoms with Crippen LogP contribution in [0, 0.1) is 0 Å². The standard InChI is InChI=1S/C17H23.Zr/c1-10(2)14-8-15(11(3)4)17-7-12(5)13(6)16(17)9-14;/h7-11,13H,6H2,1-5H3;. The van der Waals surface area contributed by atoms with Gasteiger partial charge < -0.3 is 0 Å². The van der Waals surface area contributed by atoms with Crippen LogP contribution in [-0.2, 0) is 24.7 Å². The van der Waals surface area contributed by atoms with Crippen LogP contribution in [0.4, 0.5) is 0 Å². The van der Waals surface area contributed by atoms with Crippen molar-refractivity contribution in [2.24, 2.45) is 0 Å². The number of hydrogen-bond acceptors (Lipinski definition) is 0. The van der Waals surface area contributed by atoms with E-state index in [0.717, 1.165) is 0 Å². The summed E-state index contributed by atoms with van der Waals surface area (Å²) in [4.78, 5) is 0. The molecule has 0 heterocycles. The molecule has 1 aromatic rings. The monoisotopic (exact) mass is 317 g/mol. The molecule has 0 aliphatic heterocycles. The Morgan fingerprint density at radius 1 is 1.11 bits per heavy atom. The second kappa shape index (κ2) is 5.45. The number of hydrogen-bond donors (Lipinski definition) is 0. The quantitative estimate of drug-likeness (QED) is 0.700. The van der Waals surface area contributed by atoms with Gasteiger partial charge in [-0.1, -0.05) is 0 Å². The van der Waals surface area contributed by atoms with Gasteiger partial charge in [0, 0.05) is 0 Å². The summed E-state index contributed by atoms with van der Waals surface area (Å²) in [6.07, 6.45) is 2.43. The predicted molar refractivity (Wildman–Crippen MR) is 75.8 cm³/mol. The van der Waals surface area contributed by atoms with Gasteiger partial charge in [-0.15, -0.1) is 0 Å². The molecule has 0 saturated heterocycles. The van der Waals surface area contributed by atoms with Gasteiger partial charge in [0.05, 0.1) is 0 Å². The van der Waals surface area contributed by atoms with Gasteiger partial charge in [0.1, 0.15) is 0 Å². The predicted octanol–water partition coefficient (Wildman–Crippen LogP) is 5.40. The van der Waals surface area contributed by atoms with Gasteiger partial charge >= 0.3 is 127 Å². The normalized spacial score (nSPS) is 18.3. The summed E-state index contributed by atoms with van der Waals surface area (Å²) < 4.78 is 1.31. The van der Waals surface area contributed by atoms with Crippen LogP contribution in [0.1, 0.15) is 74.6 Å². The summed E-state index contributed by atoms with van der Waals surface area (Å²) in [5.41, 5.74) is 7.74. The molecule has 18 heavy (non-hydrogen) atoms. The van der Waals surface area contributed by atoms with E-state index in [4.69, 9.17) is 0 Å². The molecule has 95 valence electrons. The fourth-order valence-electron chi connectivity index (χ4n) is 2.83. The van der Waals surface area contributed by atoms with Crippen LogP contribution in [0.15, 0.2) is 17.7 Å². The molecule has 1 aliphatic rings. The first-order valence-corrected chi connectivity index (χ1v) is 8.70. The van der Waals surface area contributed by atoms with Crippen LogP contribution >= 0.6 is 0 Å². The third-order valence-corrected chi connectivity index (χ3v) is 5.06. The van der Waals surface area contributed by atoms with E-state index in [-0.39, 0.29) is 0 Å². The van der Waals surface area contributed by atoms with Crippen molar-refractivity contribution in [3.8, 4) is 0 Å². The number of allylic oxidation sites excluding steroid dienone is 1. The first-order valence-electron chi connectivity index (χ1n) is 6.96. The summed E-state index contributed by atoms with van der Waals surface area (Å²) >= 11 is 1.64. The van der Waals surface area contributed by atoms with E-state index in [1.54, 1.807) is 41.4 Å². The zero-order chi connectivity index (χ0) is 13.4. The molecule has 0 bridgehead atoms. The molecular formula is C17H23Zr. The molecule has 1 unspecified atom stereocenters. The summed E-state index contributed by atoms with van der Waals surface area (Å²) in [7, 11) is 0. The van der Waals surface area contributed by atoms with Crippen molar-refractivity contribution in [2.75, 3.05) is 0 Å². The summed E-state index contributed by atoms with van der Waals surface area (Å²) in [5.74, 6) is 1.93. The third kappa shape index (κ3) is 2.44. The van der Waals surface area contributed by atoms with Crippen LogP contribution < -0.4 is 0 Å². The van der Waals surface area contributed by atoms with Crippen molar-refractivity contribution in [2.45, 2.75) is 56.5 Å². The molecule has 1 aromatic carbocycles. The Bertz CT molecular complexity index is 481. The SMILES string of the molecule is CC1=Cc2c(C(C)C)cc(C(C)C)cc2C1[CH2][Zr]. The van der Waals surface area contributed by atoms with Crippen molar-refractivity contribution in [3.63, 3.8) is 0 Å². The molecule has 2 rings (SSSR count). The Hall–Kier alpha value is -0.157. The van der Waals surface area contributed by atoms with E-state index in [0.29, 0.717) is 17.8 Å². The Labute approximate surface area is 127 Å². The molecule has 0 radical (unpaired) electrons. The van der Waals surface area contributed by atoms with E-state index in [1.165, 1.54) is 15.3 Å². The molecule has 0 nitrogen and oxygen atoms in total. The van der Waals surface area contributed by atoms with Crippen LogP contribution in [0.25, 0.3) is 6.08 Å². The number of benzene rings is 1. The van der Waals surface area contributed by atoms with E-state index in [2.05, 4.69) is 52.8 Å². The van der Waals surface area contributed by atoms with Crippen molar-refractivity contribution in [1.82, 2.24) is 0 Å². The second-order valence-corrected chi connectivity index (χ2v) is 7.07. The molecule has 1 atom stereocenters. The fraction of sp³-hybridized carbons (Fsp3) is 0.529. The maximum atomic E-state index is 2.47. The number of fused-ring (bicyclic) bond motifs is 1. The maximum absolute atomic E-state index is 2.47. The molecule has 0 N–H and O–H groups in total. The van der Waals surface area contributed by atoms with Crippen molar-refractivity contribution >= 4 is 6.08 Å². The van der Waals surface area contributed by atoms with Gasteiger partial charge in [-0.2, -0.15) is 0 Å². The molecule has 0 spiro atoms. The van der Waals surface area contributed by atoms with Gasteiger partial charge in [-0.25, -0.2) is 0 Å². The van der Waals surface area contributed by atoms with Crippen LogP contribution in [-0.4, -0.2) is 0 Å². The topological polar surface area (TPSA) is 0 Å². The first-order chi connectivity index (χ1) is 8.45. The summed E-state index contributed by atoms with van der Waals surface area (Å²) in [6.45, 7) is 11.5. The fourth-order valence-corrected chi connectivity index (χ4v) is 4.17. The Balaban J connectivity index is 2.62. The van der Waals surface area contributed by atoms with E-state index in [1.807, 2.05) is 0 Å². The molecule has 0 saturated carbocycles.